The number of pyridine rings is 1. The fraction of sp³-hybridized carbons (Fsp3) is 0.0500. The Kier molecular flexibility index (Phi) is 5.00. The average molecular weight is 395 g/mol. The van der Waals surface area contributed by atoms with Crippen LogP contribution in [0.1, 0.15) is 5.01 Å². The summed E-state index contributed by atoms with van der Waals surface area (Å²) in [7, 11) is 1.64. The second-order valence-electron chi connectivity index (χ2n) is 5.65. The Hall–Kier alpha value is -2.96. The predicted octanol–water partition coefficient (Wildman–Crippen LogP) is 5.85. The Balaban J connectivity index is 1.58. The number of fused-ring (bicyclic) bond motifs is 1. The van der Waals surface area contributed by atoms with E-state index in [1.54, 1.807) is 30.9 Å². The lowest BCUT2D eigenvalue weighted by Crippen LogP contribution is -1.94. The maximum absolute atomic E-state index is 6.04. The van der Waals surface area contributed by atoms with Crippen molar-refractivity contribution in [1.29, 1.82) is 0 Å². The lowest BCUT2D eigenvalue weighted by molar-refractivity contribution is 0.415. The van der Waals surface area contributed by atoms with E-state index in [2.05, 4.69) is 20.3 Å². The largest absolute Gasteiger partial charge is 0.497 e. The molecule has 27 heavy (non-hydrogen) atoms. The summed E-state index contributed by atoms with van der Waals surface area (Å²) in [5, 5.41) is 4.79. The minimum absolute atomic E-state index is 0.670. The molecule has 0 atom stereocenters. The maximum atomic E-state index is 6.04. The third kappa shape index (κ3) is 4.07. The summed E-state index contributed by atoms with van der Waals surface area (Å²) >= 11 is 7.58. The summed E-state index contributed by atoms with van der Waals surface area (Å²) in [5.41, 5.74) is 2.54. The number of aromatic nitrogens is 2. The molecule has 0 spiro atoms. The first-order valence-electron chi connectivity index (χ1n) is 8.17. The Labute approximate surface area is 165 Å². The van der Waals surface area contributed by atoms with E-state index in [1.807, 2.05) is 54.6 Å². The fourth-order valence-corrected chi connectivity index (χ4v) is 3.62. The lowest BCUT2D eigenvalue weighted by Gasteiger charge is -2.08. The first-order valence-corrected chi connectivity index (χ1v) is 9.37. The van der Waals surface area contributed by atoms with Crippen LogP contribution < -0.4 is 10.1 Å². The van der Waals surface area contributed by atoms with Gasteiger partial charge in [-0.2, -0.15) is 0 Å². The van der Waals surface area contributed by atoms with Gasteiger partial charge in [0.2, 0.25) is 0 Å². The summed E-state index contributed by atoms with van der Waals surface area (Å²) in [6.07, 6.45) is 3.47. The van der Waals surface area contributed by atoms with Crippen molar-refractivity contribution >= 4 is 56.6 Å². The number of methoxy groups -OCH3 is 1. The molecular formula is C20H15ClN4OS. The molecule has 0 aliphatic rings. The van der Waals surface area contributed by atoms with Crippen molar-refractivity contribution in [3.8, 4) is 5.75 Å². The van der Waals surface area contributed by atoms with Crippen molar-refractivity contribution in [2.24, 2.45) is 4.99 Å². The summed E-state index contributed by atoms with van der Waals surface area (Å²) in [4.78, 5) is 13.5. The van der Waals surface area contributed by atoms with Crippen LogP contribution in [0.25, 0.3) is 10.2 Å². The molecule has 2 heterocycles. The second kappa shape index (κ2) is 7.73. The molecule has 2 aromatic carbocycles. The first kappa shape index (κ1) is 17.5. The number of rotatable bonds is 5. The molecule has 0 saturated carbocycles. The molecule has 4 rings (SSSR count). The molecule has 4 aromatic rings. The number of aliphatic imine (C=N–C) groups is 1. The van der Waals surface area contributed by atoms with Gasteiger partial charge in [-0.3, -0.25) is 0 Å². The van der Waals surface area contributed by atoms with Gasteiger partial charge < -0.3 is 10.1 Å². The summed E-state index contributed by atoms with van der Waals surface area (Å²) in [6, 6.07) is 17.0. The van der Waals surface area contributed by atoms with Crippen LogP contribution in [-0.2, 0) is 0 Å². The smallest absolute Gasteiger partial charge is 0.156 e. The standard InChI is InChI=1S/C20H15ClN4OS/c1-26-15-7-5-14(6-8-15)24-20-17(3-2-10-22-20)23-12-19-25-16-9-4-13(21)11-18(16)27-19/h2-12H,1H3,(H,22,24). The highest BCUT2D eigenvalue weighted by Gasteiger charge is 2.05. The Morgan fingerprint density at radius 3 is 2.81 bits per heavy atom. The van der Waals surface area contributed by atoms with Gasteiger partial charge in [0.05, 0.1) is 23.5 Å². The van der Waals surface area contributed by atoms with Crippen LogP contribution in [0.3, 0.4) is 0 Å². The van der Waals surface area contributed by atoms with Gasteiger partial charge in [-0.25, -0.2) is 15.0 Å². The van der Waals surface area contributed by atoms with E-state index in [0.29, 0.717) is 10.8 Å². The minimum Gasteiger partial charge on any atom is -0.497 e. The predicted molar refractivity (Wildman–Crippen MR) is 112 cm³/mol. The molecule has 0 saturated heterocycles. The number of hydrogen-bond acceptors (Lipinski definition) is 6. The van der Waals surface area contributed by atoms with Gasteiger partial charge in [-0.05, 0) is 54.6 Å². The zero-order chi connectivity index (χ0) is 18.6. The molecule has 0 fully saturated rings. The van der Waals surface area contributed by atoms with Gasteiger partial charge in [0.25, 0.3) is 0 Å². The van der Waals surface area contributed by atoms with E-state index in [0.717, 1.165) is 32.3 Å². The number of ether oxygens (including phenoxy) is 1. The number of halogens is 1. The van der Waals surface area contributed by atoms with Gasteiger partial charge in [0.15, 0.2) is 5.82 Å². The third-order valence-corrected chi connectivity index (χ3v) is 5.01. The monoisotopic (exact) mass is 394 g/mol. The fourth-order valence-electron chi connectivity index (χ4n) is 2.50. The van der Waals surface area contributed by atoms with Crippen LogP contribution in [0.4, 0.5) is 17.2 Å². The Morgan fingerprint density at radius 1 is 1.15 bits per heavy atom. The number of anilines is 2. The van der Waals surface area contributed by atoms with Crippen LogP contribution in [0.15, 0.2) is 65.8 Å². The maximum Gasteiger partial charge on any atom is 0.156 e. The number of nitrogens with zero attached hydrogens (tertiary/aromatic N) is 3. The molecular weight excluding hydrogens is 380 g/mol. The Bertz CT molecular complexity index is 1110. The number of nitrogens with one attached hydrogen (secondary N) is 1. The SMILES string of the molecule is COc1ccc(Nc2ncccc2N=Cc2nc3ccc(Cl)cc3s2)cc1. The van der Waals surface area contributed by atoms with Gasteiger partial charge in [-0.1, -0.05) is 11.6 Å². The lowest BCUT2D eigenvalue weighted by atomic mass is 10.3. The summed E-state index contributed by atoms with van der Waals surface area (Å²) in [5.74, 6) is 1.47. The first-order chi connectivity index (χ1) is 13.2. The van der Waals surface area contributed by atoms with E-state index >= 15 is 0 Å². The van der Waals surface area contributed by atoms with Crippen molar-refractivity contribution < 1.29 is 4.74 Å². The highest BCUT2D eigenvalue weighted by molar-refractivity contribution is 7.20. The second-order valence-corrected chi connectivity index (χ2v) is 7.15. The molecule has 7 heteroatoms. The minimum atomic E-state index is 0.670. The number of benzene rings is 2. The van der Waals surface area contributed by atoms with Gasteiger partial charge >= 0.3 is 0 Å². The molecule has 1 N–H and O–H groups in total. The van der Waals surface area contributed by atoms with E-state index in [4.69, 9.17) is 16.3 Å². The summed E-state index contributed by atoms with van der Waals surface area (Å²) < 4.78 is 6.22. The molecule has 2 aromatic heterocycles. The average Bonchev–Trinajstić information content (AvgIpc) is 3.10. The van der Waals surface area contributed by atoms with Crippen molar-refractivity contribution in [2.45, 2.75) is 0 Å². The van der Waals surface area contributed by atoms with Crippen LogP contribution in [0.5, 0.6) is 5.75 Å². The van der Waals surface area contributed by atoms with Crippen LogP contribution in [-0.4, -0.2) is 23.3 Å². The summed E-state index contributed by atoms with van der Waals surface area (Å²) in [6.45, 7) is 0. The molecule has 0 radical (unpaired) electrons. The van der Waals surface area contributed by atoms with E-state index < -0.39 is 0 Å². The van der Waals surface area contributed by atoms with E-state index in [1.165, 1.54) is 0 Å². The van der Waals surface area contributed by atoms with Crippen molar-refractivity contribution in [3.05, 3.63) is 70.8 Å². The highest BCUT2D eigenvalue weighted by atomic mass is 35.5. The molecule has 0 unspecified atom stereocenters. The highest BCUT2D eigenvalue weighted by Crippen LogP contribution is 2.28. The van der Waals surface area contributed by atoms with Crippen LogP contribution >= 0.6 is 22.9 Å². The van der Waals surface area contributed by atoms with Crippen LogP contribution in [0.2, 0.25) is 5.02 Å². The topological polar surface area (TPSA) is 59.4 Å². The number of hydrogen-bond donors (Lipinski definition) is 1. The van der Waals surface area contributed by atoms with Gasteiger partial charge in [0.1, 0.15) is 16.4 Å². The van der Waals surface area contributed by atoms with Crippen molar-refractivity contribution in [3.63, 3.8) is 0 Å². The number of thiazole rings is 1. The molecule has 5 nitrogen and oxygen atoms in total. The zero-order valence-corrected chi connectivity index (χ0v) is 16.0. The van der Waals surface area contributed by atoms with Crippen molar-refractivity contribution in [2.75, 3.05) is 12.4 Å². The molecule has 134 valence electrons. The normalized spacial score (nSPS) is 11.2. The van der Waals surface area contributed by atoms with Gasteiger partial charge in [-0.15, -0.1) is 11.3 Å². The van der Waals surface area contributed by atoms with Crippen LogP contribution in [0, 0.1) is 0 Å². The van der Waals surface area contributed by atoms with Crippen molar-refractivity contribution in [1.82, 2.24) is 9.97 Å². The van der Waals surface area contributed by atoms with E-state index in [-0.39, 0.29) is 0 Å². The zero-order valence-electron chi connectivity index (χ0n) is 14.4. The molecule has 0 bridgehead atoms. The molecule has 0 aliphatic heterocycles. The van der Waals surface area contributed by atoms with Gasteiger partial charge in [0, 0.05) is 16.9 Å². The third-order valence-electron chi connectivity index (χ3n) is 3.82. The Morgan fingerprint density at radius 2 is 2.00 bits per heavy atom. The molecule has 0 aliphatic carbocycles. The van der Waals surface area contributed by atoms with E-state index in [9.17, 15) is 0 Å². The molecule has 0 amide bonds. The quantitative estimate of drug-likeness (QED) is 0.431.